The molecule has 16 heteroatoms. The molecule has 276 valence electrons. The number of pyridine rings is 1. The number of alkyl halides is 3. The summed E-state index contributed by atoms with van der Waals surface area (Å²) in [6.07, 6.45) is 5.93. The Kier molecular flexibility index (Phi) is 8.65. The molecule has 3 aliphatic heterocycles. The molecule has 13 nitrogen and oxygen atoms in total. The van der Waals surface area contributed by atoms with Gasteiger partial charge in [0.05, 0.1) is 24.0 Å². The molecule has 0 aromatic carbocycles. The van der Waals surface area contributed by atoms with Gasteiger partial charge in [0.15, 0.2) is 17.5 Å². The van der Waals surface area contributed by atoms with Crippen molar-refractivity contribution in [2.24, 2.45) is 11.3 Å². The van der Waals surface area contributed by atoms with Crippen molar-refractivity contribution in [3.05, 3.63) is 65.4 Å². The molecule has 5 aliphatic rings. The second-order valence-electron chi connectivity index (χ2n) is 14.3. The Morgan fingerprint density at radius 2 is 1.91 bits per heavy atom. The average Bonchev–Trinajstić information content (AvgIpc) is 3.78. The molecule has 2 fully saturated rings. The van der Waals surface area contributed by atoms with Crippen LogP contribution < -0.4 is 10.2 Å². The van der Waals surface area contributed by atoms with Crippen LogP contribution in [0.3, 0.4) is 0 Å². The third kappa shape index (κ3) is 6.70. The zero-order chi connectivity index (χ0) is 37.1. The highest BCUT2D eigenvalue weighted by molar-refractivity contribution is 6.00. The van der Waals surface area contributed by atoms with Crippen molar-refractivity contribution in [1.29, 1.82) is 0 Å². The lowest BCUT2D eigenvalue weighted by Gasteiger charge is -2.36. The Morgan fingerprint density at radius 1 is 1.08 bits per heavy atom. The molecule has 2 atom stereocenters. The standard InChI is InChI=1S/C37H38F3N9O4/c1-3-48-31(51)18-42-34-35(48)45-27(17-41-34)23-7-8-26(44-21(23)2)33-43-20-47(46-33)13-5-4-6-30(50)49-19-36(11-12-36)10-9-22-14-24-25(37(38,39)40)15-32(52)53-29(24)16-28(22)49/h7-8,14-17,20,24,29H,3-6,9-13,18-19H2,1-2H3,(H,41,42). The van der Waals surface area contributed by atoms with Gasteiger partial charge in [-0.3, -0.25) is 19.2 Å². The van der Waals surface area contributed by atoms with E-state index in [9.17, 15) is 27.6 Å². The fourth-order valence-electron chi connectivity index (χ4n) is 7.66. The van der Waals surface area contributed by atoms with Crippen molar-refractivity contribution >= 4 is 29.4 Å². The summed E-state index contributed by atoms with van der Waals surface area (Å²) in [5, 5.41) is 7.61. The van der Waals surface area contributed by atoms with Crippen molar-refractivity contribution < 1.29 is 32.3 Å². The molecular weight excluding hydrogens is 691 g/mol. The lowest BCUT2D eigenvalue weighted by Crippen LogP contribution is -2.40. The molecule has 2 unspecified atom stereocenters. The van der Waals surface area contributed by atoms with Crippen LogP contribution in [-0.4, -0.2) is 84.3 Å². The van der Waals surface area contributed by atoms with Gasteiger partial charge in [0.1, 0.15) is 18.1 Å². The number of rotatable bonds is 8. The largest absolute Gasteiger partial charge is 0.454 e. The first kappa shape index (κ1) is 34.7. The van der Waals surface area contributed by atoms with Gasteiger partial charge in [-0.1, -0.05) is 6.08 Å². The molecule has 1 N–H and O–H groups in total. The number of ether oxygens (including phenoxy) is 1. The number of nitrogens with one attached hydrogen (secondary N) is 1. The molecule has 2 amide bonds. The summed E-state index contributed by atoms with van der Waals surface area (Å²) < 4.78 is 48.6. The molecule has 53 heavy (non-hydrogen) atoms. The van der Waals surface area contributed by atoms with E-state index in [1.807, 2.05) is 26.0 Å². The Bertz CT molecular complexity index is 2100. The van der Waals surface area contributed by atoms with Crippen LogP contribution in [0.5, 0.6) is 0 Å². The average molecular weight is 730 g/mol. The summed E-state index contributed by atoms with van der Waals surface area (Å²) in [4.78, 5) is 59.9. The van der Waals surface area contributed by atoms with E-state index in [2.05, 4.69) is 20.4 Å². The van der Waals surface area contributed by atoms with Crippen LogP contribution in [0.25, 0.3) is 22.8 Å². The molecule has 8 rings (SSSR count). The van der Waals surface area contributed by atoms with E-state index in [1.165, 1.54) is 0 Å². The van der Waals surface area contributed by atoms with Gasteiger partial charge < -0.3 is 15.0 Å². The van der Waals surface area contributed by atoms with E-state index in [1.54, 1.807) is 39.2 Å². The zero-order valence-corrected chi connectivity index (χ0v) is 29.3. The number of esters is 1. The third-order valence-corrected chi connectivity index (χ3v) is 10.8. The van der Waals surface area contributed by atoms with E-state index in [0.29, 0.717) is 90.8 Å². The molecular formula is C37H38F3N9O4. The molecule has 0 bridgehead atoms. The summed E-state index contributed by atoms with van der Waals surface area (Å²) in [6, 6.07) is 3.70. The first-order valence-electron chi connectivity index (χ1n) is 17.9. The highest BCUT2D eigenvalue weighted by Crippen LogP contribution is 2.55. The van der Waals surface area contributed by atoms with Crippen molar-refractivity contribution in [1.82, 2.24) is 34.6 Å². The van der Waals surface area contributed by atoms with Crippen LogP contribution in [0.2, 0.25) is 0 Å². The number of anilines is 2. The number of allylic oxidation sites excluding steroid dienone is 1. The first-order chi connectivity index (χ1) is 25.4. The Balaban J connectivity index is 0.907. The molecule has 1 saturated heterocycles. The molecule has 3 aromatic heterocycles. The van der Waals surface area contributed by atoms with Gasteiger partial charge in [-0.25, -0.2) is 24.7 Å². The fourth-order valence-corrected chi connectivity index (χ4v) is 7.66. The lowest BCUT2D eigenvalue weighted by atomic mass is 9.82. The third-order valence-electron chi connectivity index (χ3n) is 10.8. The Hall–Kier alpha value is -5.41. The molecule has 6 heterocycles. The van der Waals surface area contributed by atoms with Crippen LogP contribution in [-0.2, 0) is 25.7 Å². The van der Waals surface area contributed by atoms with Crippen LogP contribution in [0.15, 0.2) is 59.7 Å². The minimum atomic E-state index is -4.66. The normalized spacial score (nSPS) is 21.7. The Morgan fingerprint density at radius 3 is 2.66 bits per heavy atom. The van der Waals surface area contributed by atoms with Crippen molar-refractivity contribution in [3.63, 3.8) is 0 Å². The Labute approximate surface area is 303 Å². The number of aromatic nitrogens is 6. The van der Waals surface area contributed by atoms with Gasteiger partial charge in [-0.05, 0) is 81.6 Å². The van der Waals surface area contributed by atoms with Crippen molar-refractivity contribution in [2.75, 3.05) is 29.9 Å². The number of carbonyl (C=O) groups excluding carboxylic acids is 3. The molecule has 0 radical (unpaired) electrons. The van der Waals surface area contributed by atoms with E-state index in [4.69, 9.17) is 14.7 Å². The number of halogens is 3. The topological polar surface area (TPSA) is 148 Å². The number of hydrogen-bond donors (Lipinski definition) is 1. The highest BCUT2D eigenvalue weighted by atomic mass is 19.4. The second-order valence-corrected chi connectivity index (χ2v) is 14.3. The second kappa shape index (κ2) is 13.2. The number of likely N-dealkylation sites (N-methyl/N-ethyl adjacent to an activating group) is 1. The van der Waals surface area contributed by atoms with Gasteiger partial charge in [-0.2, -0.15) is 13.2 Å². The van der Waals surface area contributed by atoms with Gasteiger partial charge in [0.2, 0.25) is 11.8 Å². The number of aryl methyl sites for hydroxylation is 2. The summed E-state index contributed by atoms with van der Waals surface area (Å²) in [5.74, 6) is -0.819. The fraction of sp³-hybridized carbons (Fsp3) is 0.459. The quantitative estimate of drug-likeness (QED) is 0.239. The highest BCUT2D eigenvalue weighted by Gasteiger charge is 2.50. The molecule has 3 aromatic rings. The molecule has 1 saturated carbocycles. The molecule has 2 aliphatic carbocycles. The van der Waals surface area contributed by atoms with E-state index >= 15 is 0 Å². The monoisotopic (exact) mass is 729 g/mol. The van der Waals surface area contributed by atoms with E-state index in [-0.39, 0.29) is 30.2 Å². The minimum absolute atomic E-state index is 0.0247. The maximum Gasteiger partial charge on any atom is 0.413 e. The number of nitrogens with zero attached hydrogens (tertiary/aromatic N) is 8. The first-order valence-corrected chi connectivity index (χ1v) is 17.9. The number of fused-ring (bicyclic) bond motifs is 3. The van der Waals surface area contributed by atoms with Crippen LogP contribution in [0, 0.1) is 18.3 Å². The predicted molar refractivity (Wildman–Crippen MR) is 186 cm³/mol. The van der Waals surface area contributed by atoms with Crippen molar-refractivity contribution in [3.8, 4) is 22.8 Å². The SMILES string of the molecule is CCN1C(=O)CNc2ncc(-c3ccc(-c4ncn(CCCCC(=O)N5CC6(CCC7=CC8C(C(F)(F)F)=CC(=O)OC8C=C75)CC6)n4)nc3C)nc21. The van der Waals surface area contributed by atoms with E-state index < -0.39 is 29.7 Å². The number of unbranched alkanes of at least 4 members (excludes halogenated alkanes) is 1. The predicted octanol–water partition coefficient (Wildman–Crippen LogP) is 5.31. The van der Waals surface area contributed by atoms with Crippen molar-refractivity contribution in [2.45, 2.75) is 77.6 Å². The number of likely N-dealkylation sites (tertiary alicyclic amines) is 1. The summed E-state index contributed by atoms with van der Waals surface area (Å²) >= 11 is 0. The van der Waals surface area contributed by atoms with Gasteiger partial charge in [0, 0.05) is 55.0 Å². The van der Waals surface area contributed by atoms with Gasteiger partial charge in [-0.15, -0.1) is 5.10 Å². The minimum Gasteiger partial charge on any atom is -0.454 e. The maximum absolute atomic E-state index is 13.9. The smallest absolute Gasteiger partial charge is 0.413 e. The summed E-state index contributed by atoms with van der Waals surface area (Å²) in [7, 11) is 0. The summed E-state index contributed by atoms with van der Waals surface area (Å²) in [6.45, 7) is 5.45. The van der Waals surface area contributed by atoms with Crippen LogP contribution >= 0.6 is 0 Å². The molecule has 1 spiro atoms. The number of carbonyl (C=O) groups is 3. The van der Waals surface area contributed by atoms with Crippen LogP contribution in [0.1, 0.15) is 57.6 Å². The van der Waals surface area contributed by atoms with Crippen LogP contribution in [0.4, 0.5) is 24.8 Å². The number of amides is 2. The van der Waals surface area contributed by atoms with Gasteiger partial charge in [0.25, 0.3) is 0 Å². The number of hydrogen-bond acceptors (Lipinski definition) is 10. The lowest BCUT2D eigenvalue weighted by molar-refractivity contribution is -0.149. The zero-order valence-electron chi connectivity index (χ0n) is 29.3. The van der Waals surface area contributed by atoms with Gasteiger partial charge >= 0.3 is 12.1 Å². The maximum atomic E-state index is 13.9. The summed E-state index contributed by atoms with van der Waals surface area (Å²) in [5.41, 5.74) is 2.99. The van der Waals surface area contributed by atoms with E-state index in [0.717, 1.165) is 24.8 Å².